The Morgan fingerprint density at radius 2 is 2.13 bits per heavy atom. The number of aryl methyl sites for hydroxylation is 2. The summed E-state index contributed by atoms with van der Waals surface area (Å²) < 4.78 is 5.24. The average molecular weight is 202 g/mol. The SMILES string of the molecule is Cc1ccc(Cc2cnc(N)o2)c(C)c1. The van der Waals surface area contributed by atoms with Crippen LogP contribution in [0, 0.1) is 13.8 Å². The zero-order valence-electron chi connectivity index (χ0n) is 8.95. The van der Waals surface area contributed by atoms with Gasteiger partial charge in [0.1, 0.15) is 5.76 Å². The number of rotatable bonds is 2. The zero-order valence-corrected chi connectivity index (χ0v) is 8.95. The van der Waals surface area contributed by atoms with Crippen molar-refractivity contribution in [3.63, 3.8) is 0 Å². The quantitative estimate of drug-likeness (QED) is 0.813. The number of hydrogen-bond donors (Lipinski definition) is 1. The number of benzene rings is 1. The molecule has 78 valence electrons. The molecule has 15 heavy (non-hydrogen) atoms. The van der Waals surface area contributed by atoms with Crippen LogP contribution in [0.3, 0.4) is 0 Å². The van der Waals surface area contributed by atoms with E-state index in [1.165, 1.54) is 16.7 Å². The minimum Gasteiger partial charge on any atom is -0.429 e. The molecule has 0 aliphatic carbocycles. The molecule has 0 saturated carbocycles. The summed E-state index contributed by atoms with van der Waals surface area (Å²) in [5.74, 6) is 0.805. The van der Waals surface area contributed by atoms with Crippen molar-refractivity contribution in [2.75, 3.05) is 5.73 Å². The van der Waals surface area contributed by atoms with Crippen LogP contribution >= 0.6 is 0 Å². The fourth-order valence-corrected chi connectivity index (χ4v) is 1.64. The summed E-state index contributed by atoms with van der Waals surface area (Å²) in [5, 5.41) is 0. The summed E-state index contributed by atoms with van der Waals surface area (Å²) in [5.41, 5.74) is 9.20. The maximum Gasteiger partial charge on any atom is 0.292 e. The van der Waals surface area contributed by atoms with Crippen LogP contribution in [0.25, 0.3) is 0 Å². The van der Waals surface area contributed by atoms with E-state index in [1.807, 2.05) is 0 Å². The predicted octanol–water partition coefficient (Wildman–Crippen LogP) is 2.46. The smallest absolute Gasteiger partial charge is 0.292 e. The van der Waals surface area contributed by atoms with Crippen molar-refractivity contribution in [3.05, 3.63) is 46.8 Å². The van der Waals surface area contributed by atoms with E-state index in [2.05, 4.69) is 37.0 Å². The molecule has 0 saturated heterocycles. The van der Waals surface area contributed by atoms with Crippen molar-refractivity contribution in [2.45, 2.75) is 20.3 Å². The van der Waals surface area contributed by atoms with Gasteiger partial charge in [-0.05, 0) is 25.0 Å². The van der Waals surface area contributed by atoms with E-state index in [0.717, 1.165) is 12.2 Å². The Balaban J connectivity index is 2.24. The third kappa shape index (κ3) is 2.18. The predicted molar refractivity (Wildman–Crippen MR) is 59.6 cm³/mol. The van der Waals surface area contributed by atoms with Crippen molar-refractivity contribution in [1.82, 2.24) is 4.98 Å². The zero-order chi connectivity index (χ0) is 10.8. The summed E-state index contributed by atoms with van der Waals surface area (Å²) in [7, 11) is 0. The molecule has 0 bridgehead atoms. The molecule has 2 rings (SSSR count). The van der Waals surface area contributed by atoms with Crippen LogP contribution < -0.4 is 5.73 Å². The van der Waals surface area contributed by atoms with Crippen LogP contribution in [-0.2, 0) is 6.42 Å². The standard InChI is InChI=1S/C12H14N2O/c1-8-3-4-10(9(2)5-8)6-11-7-14-12(13)15-11/h3-5,7H,6H2,1-2H3,(H2,13,14). The summed E-state index contributed by atoms with van der Waals surface area (Å²) in [6.45, 7) is 4.19. The monoisotopic (exact) mass is 202 g/mol. The maximum absolute atomic E-state index is 5.42. The van der Waals surface area contributed by atoms with Gasteiger partial charge in [0.15, 0.2) is 0 Å². The molecule has 0 amide bonds. The molecule has 2 aromatic rings. The number of hydrogen-bond acceptors (Lipinski definition) is 3. The Morgan fingerprint density at radius 1 is 1.33 bits per heavy atom. The van der Waals surface area contributed by atoms with Crippen molar-refractivity contribution < 1.29 is 4.42 Å². The van der Waals surface area contributed by atoms with Gasteiger partial charge in [-0.2, -0.15) is 0 Å². The van der Waals surface area contributed by atoms with E-state index in [0.29, 0.717) is 0 Å². The van der Waals surface area contributed by atoms with Crippen molar-refractivity contribution >= 4 is 6.01 Å². The summed E-state index contributed by atoms with van der Waals surface area (Å²) in [6, 6.07) is 6.61. The van der Waals surface area contributed by atoms with E-state index in [-0.39, 0.29) is 6.01 Å². The summed E-state index contributed by atoms with van der Waals surface area (Å²) >= 11 is 0. The highest BCUT2D eigenvalue weighted by molar-refractivity contribution is 5.32. The van der Waals surface area contributed by atoms with Gasteiger partial charge in [0, 0.05) is 6.42 Å². The number of nitrogens with zero attached hydrogens (tertiary/aromatic N) is 1. The average Bonchev–Trinajstić information content (AvgIpc) is 2.56. The molecule has 1 aromatic carbocycles. The molecule has 2 N–H and O–H groups in total. The Bertz CT molecular complexity index is 474. The first kappa shape index (κ1) is 9.77. The molecule has 0 aliphatic rings. The first-order valence-corrected chi connectivity index (χ1v) is 4.91. The highest BCUT2D eigenvalue weighted by Crippen LogP contribution is 2.16. The number of aromatic nitrogens is 1. The fraction of sp³-hybridized carbons (Fsp3) is 0.250. The molecule has 0 atom stereocenters. The lowest BCUT2D eigenvalue weighted by molar-refractivity contribution is 0.534. The lowest BCUT2D eigenvalue weighted by Crippen LogP contribution is -1.91. The van der Waals surface area contributed by atoms with Crippen molar-refractivity contribution in [2.24, 2.45) is 0 Å². The lowest BCUT2D eigenvalue weighted by Gasteiger charge is -2.04. The molecule has 0 radical (unpaired) electrons. The van der Waals surface area contributed by atoms with Crippen LogP contribution in [-0.4, -0.2) is 4.98 Å². The van der Waals surface area contributed by atoms with Crippen molar-refractivity contribution in [3.8, 4) is 0 Å². The molecular formula is C12H14N2O. The topological polar surface area (TPSA) is 52.0 Å². The van der Waals surface area contributed by atoms with E-state index in [4.69, 9.17) is 10.2 Å². The molecule has 3 nitrogen and oxygen atoms in total. The highest BCUT2D eigenvalue weighted by atomic mass is 16.4. The van der Waals surface area contributed by atoms with E-state index >= 15 is 0 Å². The van der Waals surface area contributed by atoms with E-state index < -0.39 is 0 Å². The van der Waals surface area contributed by atoms with Gasteiger partial charge in [-0.25, -0.2) is 4.98 Å². The molecule has 1 aromatic heterocycles. The Hall–Kier alpha value is -1.77. The molecule has 0 aliphatic heterocycles. The normalized spacial score (nSPS) is 10.5. The van der Waals surface area contributed by atoms with Gasteiger partial charge >= 0.3 is 0 Å². The second-order valence-electron chi connectivity index (χ2n) is 3.77. The molecular weight excluding hydrogens is 188 g/mol. The van der Waals surface area contributed by atoms with Crippen LogP contribution in [0.15, 0.2) is 28.8 Å². The molecule has 3 heteroatoms. The van der Waals surface area contributed by atoms with Gasteiger partial charge in [-0.15, -0.1) is 0 Å². The maximum atomic E-state index is 5.42. The Labute approximate surface area is 88.9 Å². The third-order valence-electron chi connectivity index (χ3n) is 2.43. The van der Waals surface area contributed by atoms with Crippen LogP contribution in [0.2, 0.25) is 0 Å². The minimum absolute atomic E-state index is 0.231. The van der Waals surface area contributed by atoms with Gasteiger partial charge in [0.25, 0.3) is 6.01 Å². The number of nitrogens with two attached hydrogens (primary N) is 1. The van der Waals surface area contributed by atoms with Gasteiger partial charge in [0.2, 0.25) is 0 Å². The lowest BCUT2D eigenvalue weighted by atomic mass is 10.0. The second kappa shape index (κ2) is 3.77. The Kier molecular flexibility index (Phi) is 2.46. The molecule has 1 heterocycles. The largest absolute Gasteiger partial charge is 0.429 e. The number of nitrogen functional groups attached to an aromatic ring is 1. The summed E-state index contributed by atoms with van der Waals surface area (Å²) in [4.78, 5) is 3.87. The summed E-state index contributed by atoms with van der Waals surface area (Å²) in [6.07, 6.45) is 2.42. The first-order chi connectivity index (χ1) is 7.15. The Morgan fingerprint density at radius 3 is 2.73 bits per heavy atom. The minimum atomic E-state index is 0.231. The highest BCUT2D eigenvalue weighted by Gasteiger charge is 2.04. The van der Waals surface area contributed by atoms with Gasteiger partial charge in [-0.3, -0.25) is 0 Å². The van der Waals surface area contributed by atoms with Crippen LogP contribution in [0.5, 0.6) is 0 Å². The van der Waals surface area contributed by atoms with Gasteiger partial charge in [-0.1, -0.05) is 23.8 Å². The van der Waals surface area contributed by atoms with Crippen molar-refractivity contribution in [1.29, 1.82) is 0 Å². The van der Waals surface area contributed by atoms with E-state index in [9.17, 15) is 0 Å². The van der Waals surface area contributed by atoms with Gasteiger partial charge in [0.05, 0.1) is 6.20 Å². The van der Waals surface area contributed by atoms with Gasteiger partial charge < -0.3 is 10.2 Å². The second-order valence-corrected chi connectivity index (χ2v) is 3.77. The number of oxazole rings is 1. The fourth-order valence-electron chi connectivity index (χ4n) is 1.64. The number of anilines is 1. The molecule has 0 spiro atoms. The first-order valence-electron chi connectivity index (χ1n) is 4.91. The third-order valence-corrected chi connectivity index (χ3v) is 2.43. The van der Waals surface area contributed by atoms with Crippen LogP contribution in [0.4, 0.5) is 6.01 Å². The molecule has 0 fully saturated rings. The van der Waals surface area contributed by atoms with E-state index in [1.54, 1.807) is 6.20 Å². The van der Waals surface area contributed by atoms with Crippen LogP contribution in [0.1, 0.15) is 22.5 Å². The molecule has 0 unspecified atom stereocenters.